The number of hydrogen-bond acceptors (Lipinski definition) is 2. The first kappa shape index (κ1) is 14.3. The summed E-state index contributed by atoms with van der Waals surface area (Å²) in [6.07, 6.45) is 2.17. The first-order chi connectivity index (χ1) is 9.05. The molecule has 106 valence electrons. The summed E-state index contributed by atoms with van der Waals surface area (Å²) in [4.78, 5) is 4.03. The van der Waals surface area contributed by atoms with Gasteiger partial charge in [0.1, 0.15) is 0 Å². The van der Waals surface area contributed by atoms with E-state index in [0.717, 1.165) is 18.5 Å². The van der Waals surface area contributed by atoms with Crippen LogP contribution in [-0.4, -0.2) is 23.7 Å². The first-order valence-corrected chi connectivity index (χ1v) is 6.74. The van der Waals surface area contributed by atoms with Crippen molar-refractivity contribution in [2.24, 2.45) is 5.92 Å². The van der Waals surface area contributed by atoms with Crippen molar-refractivity contribution >= 4 is 0 Å². The summed E-state index contributed by atoms with van der Waals surface area (Å²) in [5.74, 6) is -1.09. The minimum atomic E-state index is -4.01. The fraction of sp³-hybridized carbons (Fsp3) is 0.643. The van der Waals surface area contributed by atoms with Gasteiger partial charge in [0.2, 0.25) is 0 Å². The largest absolute Gasteiger partial charge is 0.391 e. The van der Waals surface area contributed by atoms with Crippen LogP contribution in [-0.2, 0) is 6.42 Å². The Kier molecular flexibility index (Phi) is 4.80. The van der Waals surface area contributed by atoms with Crippen molar-refractivity contribution < 1.29 is 13.2 Å². The summed E-state index contributed by atoms with van der Waals surface area (Å²) in [6, 6.07) is 4.13. The van der Waals surface area contributed by atoms with Gasteiger partial charge in [0.25, 0.3) is 0 Å². The molecule has 1 aliphatic carbocycles. The zero-order valence-electron chi connectivity index (χ0n) is 10.8. The molecule has 5 heteroatoms. The molecule has 1 fully saturated rings. The molecule has 19 heavy (non-hydrogen) atoms. The number of halogens is 3. The van der Waals surface area contributed by atoms with Crippen molar-refractivity contribution in [3.63, 3.8) is 0 Å². The molecule has 0 unspecified atom stereocenters. The van der Waals surface area contributed by atoms with Crippen LogP contribution in [0.4, 0.5) is 13.2 Å². The average Bonchev–Trinajstić information content (AvgIpc) is 2.39. The Morgan fingerprint density at radius 2 is 1.95 bits per heavy atom. The second-order valence-electron chi connectivity index (χ2n) is 5.16. The number of hydrogen-bond donors (Lipinski definition) is 1. The van der Waals surface area contributed by atoms with Gasteiger partial charge in [-0.1, -0.05) is 6.07 Å². The van der Waals surface area contributed by atoms with Gasteiger partial charge in [0.05, 0.1) is 5.92 Å². The number of nitrogens with zero attached hydrogens (tertiary/aromatic N) is 1. The lowest BCUT2D eigenvalue weighted by atomic mass is 9.85. The van der Waals surface area contributed by atoms with E-state index in [1.54, 1.807) is 6.20 Å². The van der Waals surface area contributed by atoms with Crippen LogP contribution in [0.1, 0.15) is 31.2 Å². The molecule has 1 aromatic heterocycles. The molecular weight excluding hydrogens is 253 g/mol. The molecule has 0 saturated heterocycles. The van der Waals surface area contributed by atoms with Crippen LogP contribution >= 0.6 is 0 Å². The molecule has 2 rings (SSSR count). The Labute approximate surface area is 111 Å². The van der Waals surface area contributed by atoms with Crippen molar-refractivity contribution in [3.8, 4) is 0 Å². The van der Waals surface area contributed by atoms with Gasteiger partial charge in [-0.05, 0) is 50.3 Å². The van der Waals surface area contributed by atoms with Crippen molar-refractivity contribution in [3.05, 3.63) is 30.1 Å². The van der Waals surface area contributed by atoms with Gasteiger partial charge < -0.3 is 5.32 Å². The summed E-state index contributed by atoms with van der Waals surface area (Å²) < 4.78 is 37.5. The fourth-order valence-corrected chi connectivity index (χ4v) is 2.59. The SMILES string of the molecule is FC(F)(F)C1CCC(NCCc2cccnc2)CC1. The summed E-state index contributed by atoms with van der Waals surface area (Å²) in [7, 11) is 0. The lowest BCUT2D eigenvalue weighted by molar-refractivity contribution is -0.182. The van der Waals surface area contributed by atoms with Crippen LogP contribution in [0.2, 0.25) is 0 Å². The predicted molar refractivity (Wildman–Crippen MR) is 67.7 cm³/mol. The van der Waals surface area contributed by atoms with Crippen LogP contribution < -0.4 is 5.32 Å². The van der Waals surface area contributed by atoms with Gasteiger partial charge in [-0.15, -0.1) is 0 Å². The lowest BCUT2D eigenvalue weighted by Gasteiger charge is -2.30. The van der Waals surface area contributed by atoms with E-state index in [4.69, 9.17) is 0 Å². The van der Waals surface area contributed by atoms with Gasteiger partial charge >= 0.3 is 6.18 Å². The molecule has 0 spiro atoms. The zero-order chi connectivity index (χ0) is 13.7. The molecule has 1 N–H and O–H groups in total. The minimum absolute atomic E-state index is 0.232. The number of aromatic nitrogens is 1. The third-order valence-electron chi connectivity index (χ3n) is 3.76. The lowest BCUT2D eigenvalue weighted by Crippen LogP contribution is -2.37. The topological polar surface area (TPSA) is 24.9 Å². The monoisotopic (exact) mass is 272 g/mol. The summed E-state index contributed by atoms with van der Waals surface area (Å²) in [5.41, 5.74) is 1.15. The molecule has 1 aromatic rings. The van der Waals surface area contributed by atoms with Gasteiger partial charge in [-0.2, -0.15) is 13.2 Å². The highest BCUT2D eigenvalue weighted by Gasteiger charge is 2.41. The number of nitrogens with one attached hydrogen (secondary N) is 1. The predicted octanol–water partition coefficient (Wildman–Crippen LogP) is 3.33. The van der Waals surface area contributed by atoms with Crippen LogP contribution in [0, 0.1) is 5.92 Å². The maximum absolute atomic E-state index is 12.5. The van der Waals surface area contributed by atoms with Gasteiger partial charge in [0, 0.05) is 18.4 Å². The van der Waals surface area contributed by atoms with E-state index in [1.807, 2.05) is 18.3 Å². The maximum atomic E-state index is 12.5. The molecule has 0 atom stereocenters. The molecular formula is C14H19F3N2. The van der Waals surface area contributed by atoms with Crippen LogP contribution in [0.15, 0.2) is 24.5 Å². The Morgan fingerprint density at radius 1 is 1.21 bits per heavy atom. The third-order valence-corrected chi connectivity index (χ3v) is 3.76. The molecule has 0 aromatic carbocycles. The highest BCUT2D eigenvalue weighted by atomic mass is 19.4. The molecule has 0 bridgehead atoms. The minimum Gasteiger partial charge on any atom is -0.314 e. The Morgan fingerprint density at radius 3 is 2.53 bits per heavy atom. The first-order valence-electron chi connectivity index (χ1n) is 6.74. The van der Waals surface area contributed by atoms with Crippen LogP contribution in [0.5, 0.6) is 0 Å². The maximum Gasteiger partial charge on any atom is 0.391 e. The van der Waals surface area contributed by atoms with Crippen molar-refractivity contribution in [2.75, 3.05) is 6.54 Å². The van der Waals surface area contributed by atoms with Crippen molar-refractivity contribution in [1.29, 1.82) is 0 Å². The Bertz CT molecular complexity index is 370. The smallest absolute Gasteiger partial charge is 0.314 e. The van der Waals surface area contributed by atoms with Crippen LogP contribution in [0.25, 0.3) is 0 Å². The summed E-state index contributed by atoms with van der Waals surface area (Å²) in [6.45, 7) is 0.799. The zero-order valence-corrected chi connectivity index (χ0v) is 10.8. The molecule has 0 radical (unpaired) electrons. The van der Waals surface area contributed by atoms with E-state index >= 15 is 0 Å². The quantitative estimate of drug-likeness (QED) is 0.909. The molecule has 2 nitrogen and oxygen atoms in total. The standard InChI is InChI=1S/C14H19F3N2/c15-14(16,17)12-3-5-13(6-4-12)19-9-7-11-2-1-8-18-10-11/h1-2,8,10,12-13,19H,3-7,9H2. The summed E-state index contributed by atoms with van der Waals surface area (Å²) >= 11 is 0. The average molecular weight is 272 g/mol. The molecule has 1 aliphatic rings. The Hall–Kier alpha value is -1.10. The van der Waals surface area contributed by atoms with Gasteiger partial charge in [0.15, 0.2) is 0 Å². The summed E-state index contributed by atoms with van der Waals surface area (Å²) in [5, 5.41) is 3.35. The number of rotatable bonds is 4. The third kappa shape index (κ3) is 4.49. The number of alkyl halides is 3. The highest BCUT2D eigenvalue weighted by molar-refractivity contribution is 5.08. The molecule has 0 amide bonds. The normalized spacial score (nSPS) is 24.4. The fourth-order valence-electron chi connectivity index (χ4n) is 2.59. The number of pyridine rings is 1. The van der Waals surface area contributed by atoms with Crippen molar-refractivity contribution in [1.82, 2.24) is 10.3 Å². The van der Waals surface area contributed by atoms with E-state index in [9.17, 15) is 13.2 Å². The van der Waals surface area contributed by atoms with Crippen LogP contribution in [0.3, 0.4) is 0 Å². The van der Waals surface area contributed by atoms with Crippen molar-refractivity contribution in [2.45, 2.75) is 44.3 Å². The van der Waals surface area contributed by atoms with E-state index in [1.165, 1.54) is 0 Å². The molecule has 0 aliphatic heterocycles. The van der Waals surface area contributed by atoms with E-state index < -0.39 is 12.1 Å². The van der Waals surface area contributed by atoms with Gasteiger partial charge in [-0.25, -0.2) is 0 Å². The molecule has 1 saturated carbocycles. The second-order valence-corrected chi connectivity index (χ2v) is 5.16. The van der Waals surface area contributed by atoms with E-state index in [0.29, 0.717) is 12.8 Å². The van der Waals surface area contributed by atoms with Gasteiger partial charge in [-0.3, -0.25) is 4.98 Å². The second kappa shape index (κ2) is 6.37. The van der Waals surface area contributed by atoms with E-state index in [-0.39, 0.29) is 18.9 Å². The Balaban J connectivity index is 1.66. The highest BCUT2D eigenvalue weighted by Crippen LogP contribution is 2.37. The van der Waals surface area contributed by atoms with E-state index in [2.05, 4.69) is 10.3 Å². The molecule has 1 heterocycles.